The quantitative estimate of drug-likeness (QED) is 0.923. The largest absolute Gasteiger partial charge is 0.319 e. The summed E-state index contributed by atoms with van der Waals surface area (Å²) in [5.74, 6) is 0.154. The molecule has 0 radical (unpaired) electrons. The van der Waals surface area contributed by atoms with Crippen molar-refractivity contribution in [3.8, 4) is 6.07 Å². The highest BCUT2D eigenvalue weighted by atomic mass is 16.1. The van der Waals surface area contributed by atoms with Crippen molar-refractivity contribution in [2.45, 2.75) is 18.8 Å². The number of rotatable bonds is 3. The maximum atomic E-state index is 12.1. The number of anilines is 1. The summed E-state index contributed by atoms with van der Waals surface area (Å²) in [6, 6.07) is 12.4. The summed E-state index contributed by atoms with van der Waals surface area (Å²) in [4.78, 5) is 12.1. The SMILES string of the molecule is N#Cc1ccccc1NC(=O)c1ccc(C2CC2)nn1. The highest BCUT2D eigenvalue weighted by molar-refractivity contribution is 6.03. The lowest BCUT2D eigenvalue weighted by Gasteiger charge is -2.06. The fourth-order valence-electron chi connectivity index (χ4n) is 1.94. The maximum Gasteiger partial charge on any atom is 0.276 e. The van der Waals surface area contributed by atoms with E-state index in [0.29, 0.717) is 17.2 Å². The average molecular weight is 264 g/mol. The molecule has 1 N–H and O–H groups in total. The van der Waals surface area contributed by atoms with Crippen molar-refractivity contribution >= 4 is 11.6 Å². The minimum absolute atomic E-state index is 0.252. The summed E-state index contributed by atoms with van der Waals surface area (Å²) in [7, 11) is 0. The third-order valence-electron chi connectivity index (χ3n) is 3.21. The van der Waals surface area contributed by atoms with Crippen LogP contribution < -0.4 is 5.32 Å². The van der Waals surface area contributed by atoms with Crippen molar-refractivity contribution in [3.63, 3.8) is 0 Å². The van der Waals surface area contributed by atoms with Crippen LogP contribution in [0.3, 0.4) is 0 Å². The number of nitrogens with zero attached hydrogens (tertiary/aromatic N) is 3. The number of para-hydroxylation sites is 1. The summed E-state index contributed by atoms with van der Waals surface area (Å²) < 4.78 is 0. The molecule has 1 saturated carbocycles. The summed E-state index contributed by atoms with van der Waals surface area (Å²) in [5.41, 5.74) is 2.09. The highest BCUT2D eigenvalue weighted by Gasteiger charge is 2.25. The first-order valence-electron chi connectivity index (χ1n) is 6.42. The molecule has 1 aromatic carbocycles. The third kappa shape index (κ3) is 2.50. The molecular formula is C15H12N4O. The van der Waals surface area contributed by atoms with Crippen molar-refractivity contribution < 1.29 is 4.79 Å². The molecule has 20 heavy (non-hydrogen) atoms. The van der Waals surface area contributed by atoms with E-state index in [1.165, 1.54) is 0 Å². The van der Waals surface area contributed by atoms with Crippen LogP contribution in [0, 0.1) is 11.3 Å². The molecule has 2 aromatic rings. The Balaban J connectivity index is 1.77. The molecule has 1 amide bonds. The Hall–Kier alpha value is -2.74. The molecule has 5 heteroatoms. The molecule has 1 fully saturated rings. The third-order valence-corrected chi connectivity index (χ3v) is 3.21. The minimum Gasteiger partial charge on any atom is -0.319 e. The van der Waals surface area contributed by atoms with Crippen LogP contribution in [0.4, 0.5) is 5.69 Å². The Bertz CT molecular complexity index is 684. The predicted octanol–water partition coefficient (Wildman–Crippen LogP) is 2.48. The maximum absolute atomic E-state index is 12.1. The average Bonchev–Trinajstić information content (AvgIpc) is 3.32. The van der Waals surface area contributed by atoms with E-state index in [2.05, 4.69) is 15.5 Å². The van der Waals surface area contributed by atoms with Crippen molar-refractivity contribution in [3.05, 3.63) is 53.3 Å². The Kier molecular flexibility index (Phi) is 3.13. The zero-order chi connectivity index (χ0) is 13.9. The molecular weight excluding hydrogens is 252 g/mol. The van der Waals surface area contributed by atoms with Gasteiger partial charge in [-0.1, -0.05) is 12.1 Å². The molecule has 1 aliphatic rings. The van der Waals surface area contributed by atoms with E-state index >= 15 is 0 Å². The van der Waals surface area contributed by atoms with E-state index in [0.717, 1.165) is 18.5 Å². The fraction of sp³-hybridized carbons (Fsp3) is 0.200. The number of nitrogens with one attached hydrogen (secondary N) is 1. The lowest BCUT2D eigenvalue weighted by atomic mass is 10.2. The standard InChI is InChI=1S/C15H12N4O/c16-9-11-3-1-2-4-12(11)17-15(20)14-8-7-13(18-19-14)10-5-6-10/h1-4,7-8,10H,5-6H2,(H,17,20). The second kappa shape index (κ2) is 5.10. The summed E-state index contributed by atoms with van der Waals surface area (Å²) in [6.07, 6.45) is 2.30. The normalized spacial score (nSPS) is 13.6. The Morgan fingerprint density at radius 3 is 2.65 bits per heavy atom. The molecule has 5 nitrogen and oxygen atoms in total. The second-order valence-electron chi connectivity index (χ2n) is 4.73. The van der Waals surface area contributed by atoms with Crippen LogP contribution in [0.1, 0.15) is 40.5 Å². The van der Waals surface area contributed by atoms with Gasteiger partial charge < -0.3 is 5.32 Å². The predicted molar refractivity (Wildman–Crippen MR) is 73.1 cm³/mol. The van der Waals surface area contributed by atoms with Crippen LogP contribution in [-0.2, 0) is 0 Å². The van der Waals surface area contributed by atoms with E-state index < -0.39 is 0 Å². The number of carbonyl (C=O) groups excluding carboxylic acids is 1. The van der Waals surface area contributed by atoms with E-state index in [9.17, 15) is 4.79 Å². The van der Waals surface area contributed by atoms with Crippen molar-refractivity contribution in [2.75, 3.05) is 5.32 Å². The van der Waals surface area contributed by atoms with Crippen LogP contribution >= 0.6 is 0 Å². The van der Waals surface area contributed by atoms with Gasteiger partial charge >= 0.3 is 0 Å². The van der Waals surface area contributed by atoms with Crippen molar-refractivity contribution in [1.82, 2.24) is 10.2 Å². The topological polar surface area (TPSA) is 78.7 Å². The van der Waals surface area contributed by atoms with Gasteiger partial charge in [-0.15, -0.1) is 5.10 Å². The van der Waals surface area contributed by atoms with E-state index in [1.54, 1.807) is 30.3 Å². The zero-order valence-electron chi connectivity index (χ0n) is 10.7. The van der Waals surface area contributed by atoms with Crippen molar-refractivity contribution in [2.24, 2.45) is 0 Å². The van der Waals surface area contributed by atoms with Gasteiger partial charge in [0.1, 0.15) is 6.07 Å². The lowest BCUT2D eigenvalue weighted by Crippen LogP contribution is -2.15. The van der Waals surface area contributed by atoms with Gasteiger partial charge in [0.2, 0.25) is 0 Å². The number of carbonyl (C=O) groups is 1. The fourth-order valence-corrected chi connectivity index (χ4v) is 1.94. The molecule has 0 bridgehead atoms. The molecule has 0 aliphatic heterocycles. The van der Waals surface area contributed by atoms with E-state index in [1.807, 2.05) is 12.1 Å². The molecule has 3 rings (SSSR count). The lowest BCUT2D eigenvalue weighted by molar-refractivity contribution is 0.102. The molecule has 0 atom stereocenters. The molecule has 98 valence electrons. The van der Waals surface area contributed by atoms with Gasteiger partial charge in [-0.2, -0.15) is 10.4 Å². The Labute approximate surface area is 116 Å². The van der Waals surface area contributed by atoms with Gasteiger partial charge in [-0.25, -0.2) is 0 Å². The van der Waals surface area contributed by atoms with Gasteiger partial charge in [0, 0.05) is 5.92 Å². The van der Waals surface area contributed by atoms with Gasteiger partial charge in [-0.3, -0.25) is 4.79 Å². The van der Waals surface area contributed by atoms with Gasteiger partial charge in [0.15, 0.2) is 5.69 Å². The molecule has 1 aromatic heterocycles. The first-order chi connectivity index (χ1) is 9.78. The van der Waals surface area contributed by atoms with Gasteiger partial charge in [0.05, 0.1) is 16.9 Å². The van der Waals surface area contributed by atoms with Crippen LogP contribution in [0.15, 0.2) is 36.4 Å². The van der Waals surface area contributed by atoms with E-state index in [4.69, 9.17) is 5.26 Å². The first-order valence-corrected chi connectivity index (χ1v) is 6.42. The minimum atomic E-state index is -0.359. The summed E-state index contributed by atoms with van der Waals surface area (Å²) in [6.45, 7) is 0. The van der Waals surface area contributed by atoms with Crippen LogP contribution in [-0.4, -0.2) is 16.1 Å². The highest BCUT2D eigenvalue weighted by Crippen LogP contribution is 2.38. The first kappa shape index (κ1) is 12.3. The number of benzene rings is 1. The smallest absolute Gasteiger partial charge is 0.276 e. The second-order valence-corrected chi connectivity index (χ2v) is 4.73. The van der Waals surface area contributed by atoms with E-state index in [-0.39, 0.29) is 11.6 Å². The zero-order valence-corrected chi connectivity index (χ0v) is 10.7. The van der Waals surface area contributed by atoms with Crippen LogP contribution in [0.5, 0.6) is 0 Å². The van der Waals surface area contributed by atoms with Crippen molar-refractivity contribution in [1.29, 1.82) is 5.26 Å². The molecule has 1 aliphatic carbocycles. The summed E-state index contributed by atoms with van der Waals surface area (Å²) >= 11 is 0. The number of nitriles is 1. The molecule has 0 spiro atoms. The number of amides is 1. The number of aromatic nitrogens is 2. The number of hydrogen-bond donors (Lipinski definition) is 1. The van der Waals surface area contributed by atoms with Crippen LogP contribution in [0.25, 0.3) is 0 Å². The monoisotopic (exact) mass is 264 g/mol. The van der Waals surface area contributed by atoms with Crippen LogP contribution in [0.2, 0.25) is 0 Å². The Morgan fingerprint density at radius 2 is 2.00 bits per heavy atom. The Morgan fingerprint density at radius 1 is 1.20 bits per heavy atom. The molecule has 1 heterocycles. The van der Waals surface area contributed by atoms with Gasteiger partial charge in [0.25, 0.3) is 5.91 Å². The van der Waals surface area contributed by atoms with Gasteiger partial charge in [-0.05, 0) is 37.1 Å². The summed E-state index contributed by atoms with van der Waals surface area (Å²) in [5, 5.41) is 19.7. The molecule has 0 saturated heterocycles. The number of hydrogen-bond acceptors (Lipinski definition) is 4. The molecule has 0 unspecified atom stereocenters.